The summed E-state index contributed by atoms with van der Waals surface area (Å²) in [7, 11) is -2.33. The molecule has 0 aromatic heterocycles. The van der Waals surface area contributed by atoms with Crippen LogP contribution < -0.4 is 9.46 Å². The van der Waals surface area contributed by atoms with E-state index in [0.29, 0.717) is 5.75 Å². The Bertz CT molecular complexity index is 732. The lowest BCUT2D eigenvalue weighted by Crippen LogP contribution is -2.13. The summed E-state index contributed by atoms with van der Waals surface area (Å²) in [6.07, 6.45) is 0. The minimum Gasteiger partial charge on any atom is -0.497 e. The summed E-state index contributed by atoms with van der Waals surface area (Å²) in [5.74, 6) is 0.492. The second-order valence-electron chi connectivity index (χ2n) is 3.88. The summed E-state index contributed by atoms with van der Waals surface area (Å²) in [5, 5.41) is 0.403. The van der Waals surface area contributed by atoms with Crippen molar-refractivity contribution >= 4 is 38.9 Å². The molecule has 2 aromatic rings. The van der Waals surface area contributed by atoms with Gasteiger partial charge in [0, 0.05) is 6.07 Å². The molecule has 20 heavy (non-hydrogen) atoms. The van der Waals surface area contributed by atoms with E-state index >= 15 is 0 Å². The van der Waals surface area contributed by atoms with E-state index in [9.17, 15) is 8.42 Å². The van der Waals surface area contributed by atoms with Crippen LogP contribution in [-0.4, -0.2) is 15.5 Å². The summed E-state index contributed by atoms with van der Waals surface area (Å²) in [6.45, 7) is 0. The van der Waals surface area contributed by atoms with E-state index in [-0.39, 0.29) is 20.6 Å². The summed E-state index contributed by atoms with van der Waals surface area (Å²) >= 11 is 11.9. The van der Waals surface area contributed by atoms with Crippen LogP contribution in [0.5, 0.6) is 5.75 Å². The lowest BCUT2D eigenvalue weighted by atomic mass is 10.3. The molecular weight excluding hydrogens is 321 g/mol. The summed E-state index contributed by atoms with van der Waals surface area (Å²) in [5.41, 5.74) is 0.228. The van der Waals surface area contributed by atoms with E-state index in [0.717, 1.165) is 0 Å². The first-order valence-electron chi connectivity index (χ1n) is 5.55. The van der Waals surface area contributed by atoms with E-state index < -0.39 is 10.0 Å². The van der Waals surface area contributed by atoms with Gasteiger partial charge in [0.05, 0.1) is 22.8 Å². The molecule has 0 bridgehead atoms. The van der Waals surface area contributed by atoms with E-state index in [2.05, 4.69) is 4.72 Å². The number of rotatable bonds is 4. The molecule has 2 aromatic carbocycles. The maximum absolute atomic E-state index is 12.3. The molecule has 0 spiro atoms. The van der Waals surface area contributed by atoms with Gasteiger partial charge in [-0.15, -0.1) is 0 Å². The zero-order valence-electron chi connectivity index (χ0n) is 10.4. The zero-order chi connectivity index (χ0) is 14.8. The number of anilines is 1. The van der Waals surface area contributed by atoms with Crippen LogP contribution in [0.1, 0.15) is 0 Å². The summed E-state index contributed by atoms with van der Waals surface area (Å²) < 4.78 is 32.0. The molecule has 7 heteroatoms. The minimum absolute atomic E-state index is 0.0134. The van der Waals surface area contributed by atoms with E-state index in [1.54, 1.807) is 24.3 Å². The smallest absolute Gasteiger partial charge is 0.263 e. The molecule has 0 unspecified atom stereocenters. The number of benzene rings is 2. The van der Waals surface area contributed by atoms with Crippen LogP contribution in [0.4, 0.5) is 5.69 Å². The lowest BCUT2D eigenvalue weighted by Gasteiger charge is -2.11. The second-order valence-corrected chi connectivity index (χ2v) is 6.35. The molecule has 0 aliphatic heterocycles. The van der Waals surface area contributed by atoms with Gasteiger partial charge in [-0.3, -0.25) is 4.72 Å². The van der Waals surface area contributed by atoms with Crippen LogP contribution in [0.3, 0.4) is 0 Å². The van der Waals surface area contributed by atoms with E-state index in [1.807, 2.05) is 0 Å². The molecule has 0 fully saturated rings. The van der Waals surface area contributed by atoms with Gasteiger partial charge in [0.1, 0.15) is 10.6 Å². The molecule has 106 valence electrons. The van der Waals surface area contributed by atoms with Crippen molar-refractivity contribution in [3.63, 3.8) is 0 Å². The van der Waals surface area contributed by atoms with Crippen LogP contribution in [0.2, 0.25) is 10.0 Å². The molecule has 0 atom stereocenters. The Balaban J connectivity index is 2.41. The molecule has 0 aliphatic carbocycles. The standard InChI is InChI=1S/C13H11Cl2NO3S/c1-19-9-6-7-10(14)12(8-9)16-20(17,18)13-5-3-2-4-11(13)15/h2-8,16H,1H3. The second kappa shape index (κ2) is 5.91. The quantitative estimate of drug-likeness (QED) is 0.926. The van der Waals surface area contributed by atoms with E-state index in [1.165, 1.54) is 25.3 Å². The zero-order valence-corrected chi connectivity index (χ0v) is 12.8. The number of sulfonamides is 1. The maximum Gasteiger partial charge on any atom is 0.263 e. The monoisotopic (exact) mass is 331 g/mol. The van der Waals surface area contributed by atoms with Crippen molar-refractivity contribution in [2.24, 2.45) is 0 Å². The van der Waals surface area contributed by atoms with Crippen molar-refractivity contribution in [1.82, 2.24) is 0 Å². The Hall–Kier alpha value is -1.43. The van der Waals surface area contributed by atoms with Crippen molar-refractivity contribution in [1.29, 1.82) is 0 Å². The molecule has 1 N–H and O–H groups in total. The Labute approximate surface area is 127 Å². The van der Waals surface area contributed by atoms with Crippen LogP contribution in [0.25, 0.3) is 0 Å². The number of hydrogen-bond donors (Lipinski definition) is 1. The highest BCUT2D eigenvalue weighted by atomic mass is 35.5. The average molecular weight is 332 g/mol. The Morgan fingerprint density at radius 2 is 1.75 bits per heavy atom. The molecule has 0 heterocycles. The Morgan fingerprint density at radius 3 is 2.40 bits per heavy atom. The number of hydrogen-bond acceptors (Lipinski definition) is 3. The van der Waals surface area contributed by atoms with Gasteiger partial charge in [-0.05, 0) is 24.3 Å². The molecule has 0 saturated carbocycles. The predicted octanol–water partition coefficient (Wildman–Crippen LogP) is 3.80. The van der Waals surface area contributed by atoms with Gasteiger partial charge in [-0.1, -0.05) is 35.3 Å². The van der Waals surface area contributed by atoms with Crippen LogP contribution in [0.15, 0.2) is 47.4 Å². The van der Waals surface area contributed by atoms with E-state index in [4.69, 9.17) is 27.9 Å². The minimum atomic E-state index is -3.81. The fourth-order valence-corrected chi connectivity index (χ4v) is 3.38. The van der Waals surface area contributed by atoms with Gasteiger partial charge in [0.15, 0.2) is 0 Å². The third-order valence-corrected chi connectivity index (χ3v) is 4.74. The number of ether oxygens (including phenoxy) is 1. The van der Waals surface area contributed by atoms with Crippen molar-refractivity contribution in [3.8, 4) is 5.75 Å². The SMILES string of the molecule is COc1ccc(Cl)c(NS(=O)(=O)c2ccccc2Cl)c1. The molecule has 4 nitrogen and oxygen atoms in total. The highest BCUT2D eigenvalue weighted by Gasteiger charge is 2.19. The van der Waals surface area contributed by atoms with Crippen molar-refractivity contribution in [2.45, 2.75) is 4.90 Å². The first-order valence-corrected chi connectivity index (χ1v) is 7.79. The molecular formula is C13H11Cl2NO3S. The highest BCUT2D eigenvalue weighted by Crippen LogP contribution is 2.30. The van der Waals surface area contributed by atoms with Gasteiger partial charge in [0.2, 0.25) is 0 Å². The van der Waals surface area contributed by atoms with Gasteiger partial charge in [0.25, 0.3) is 10.0 Å². The normalized spacial score (nSPS) is 11.2. The first-order chi connectivity index (χ1) is 9.44. The molecule has 2 rings (SSSR count). The van der Waals surface area contributed by atoms with Crippen molar-refractivity contribution < 1.29 is 13.2 Å². The fraction of sp³-hybridized carbons (Fsp3) is 0.0769. The van der Waals surface area contributed by atoms with Crippen LogP contribution in [-0.2, 0) is 10.0 Å². The lowest BCUT2D eigenvalue weighted by molar-refractivity contribution is 0.415. The summed E-state index contributed by atoms with van der Waals surface area (Å²) in [4.78, 5) is -0.0134. The third kappa shape index (κ3) is 3.17. The molecule has 0 radical (unpaired) electrons. The molecule has 0 aliphatic rings. The first kappa shape index (κ1) is 15.0. The van der Waals surface area contributed by atoms with Crippen molar-refractivity contribution in [2.75, 3.05) is 11.8 Å². The molecule has 0 amide bonds. The average Bonchev–Trinajstić information content (AvgIpc) is 2.41. The highest BCUT2D eigenvalue weighted by molar-refractivity contribution is 7.92. The predicted molar refractivity (Wildman–Crippen MR) is 80.3 cm³/mol. The fourth-order valence-electron chi connectivity index (χ4n) is 1.57. The third-order valence-electron chi connectivity index (χ3n) is 2.54. The van der Waals surface area contributed by atoms with Gasteiger partial charge >= 0.3 is 0 Å². The largest absolute Gasteiger partial charge is 0.497 e. The Kier molecular flexibility index (Phi) is 4.42. The molecule has 0 saturated heterocycles. The van der Waals surface area contributed by atoms with Gasteiger partial charge in [-0.25, -0.2) is 8.42 Å². The van der Waals surface area contributed by atoms with Crippen molar-refractivity contribution in [3.05, 3.63) is 52.5 Å². The number of nitrogens with one attached hydrogen (secondary N) is 1. The number of methoxy groups -OCH3 is 1. The maximum atomic E-state index is 12.3. The Morgan fingerprint density at radius 1 is 1.05 bits per heavy atom. The van der Waals surface area contributed by atoms with Crippen LogP contribution >= 0.6 is 23.2 Å². The van der Waals surface area contributed by atoms with Crippen LogP contribution in [0, 0.1) is 0 Å². The topological polar surface area (TPSA) is 55.4 Å². The number of halogens is 2. The van der Waals surface area contributed by atoms with Gasteiger partial charge < -0.3 is 4.74 Å². The van der Waals surface area contributed by atoms with Gasteiger partial charge in [-0.2, -0.15) is 0 Å². The summed E-state index contributed by atoms with van der Waals surface area (Å²) in [6, 6.07) is 10.8.